The number of esters is 1. The summed E-state index contributed by atoms with van der Waals surface area (Å²) in [5.41, 5.74) is 0. The number of hydrogen-bond acceptors (Lipinski definition) is 8. The Kier molecular flexibility index (Phi) is 6.60. The molecule has 0 unspecified atom stereocenters. The molecule has 0 bridgehead atoms. The molecule has 11 heteroatoms. The van der Waals surface area contributed by atoms with Gasteiger partial charge in [-0.2, -0.15) is 4.72 Å². The standard InChI is InChI=1S/C17H20N4O5S2/c22-15(21-9-7-20(8-10-21)14-4-1-2-6-18-14)13-26-16(23)12-19-28(24,25)17-5-3-11-27-17/h1-6,11,19H,7-10,12-13H2. The van der Waals surface area contributed by atoms with E-state index in [0.29, 0.717) is 26.2 Å². The first-order valence-corrected chi connectivity index (χ1v) is 10.9. The van der Waals surface area contributed by atoms with Crippen LogP contribution in [-0.2, 0) is 24.3 Å². The molecular weight excluding hydrogens is 404 g/mol. The Hall–Kier alpha value is -2.50. The molecule has 1 aliphatic rings. The highest BCUT2D eigenvalue weighted by Crippen LogP contribution is 2.15. The van der Waals surface area contributed by atoms with Crippen LogP contribution in [0.15, 0.2) is 46.1 Å². The van der Waals surface area contributed by atoms with Crippen LogP contribution in [0.25, 0.3) is 0 Å². The Morgan fingerprint density at radius 2 is 1.93 bits per heavy atom. The number of ether oxygens (including phenoxy) is 1. The first-order valence-electron chi connectivity index (χ1n) is 8.58. The SMILES string of the molecule is O=C(CNS(=O)(=O)c1cccs1)OCC(=O)N1CCN(c2ccccn2)CC1. The Labute approximate surface area is 167 Å². The zero-order valence-electron chi connectivity index (χ0n) is 15.0. The Morgan fingerprint density at radius 3 is 2.57 bits per heavy atom. The lowest BCUT2D eigenvalue weighted by Crippen LogP contribution is -2.50. The van der Waals surface area contributed by atoms with Gasteiger partial charge in [-0.1, -0.05) is 12.1 Å². The number of aromatic nitrogens is 1. The van der Waals surface area contributed by atoms with Crippen molar-refractivity contribution in [1.29, 1.82) is 0 Å². The summed E-state index contributed by atoms with van der Waals surface area (Å²) in [6.07, 6.45) is 1.72. The summed E-state index contributed by atoms with van der Waals surface area (Å²) in [5.74, 6) is -0.255. The van der Waals surface area contributed by atoms with Gasteiger partial charge in [0.1, 0.15) is 16.6 Å². The number of amides is 1. The van der Waals surface area contributed by atoms with Crippen molar-refractivity contribution in [2.24, 2.45) is 0 Å². The van der Waals surface area contributed by atoms with E-state index in [1.807, 2.05) is 18.2 Å². The normalized spacial score (nSPS) is 14.7. The lowest BCUT2D eigenvalue weighted by molar-refractivity contribution is -0.151. The molecule has 0 aliphatic carbocycles. The zero-order valence-corrected chi connectivity index (χ0v) is 16.6. The number of anilines is 1. The molecule has 0 aromatic carbocycles. The number of carbonyl (C=O) groups is 2. The summed E-state index contributed by atoms with van der Waals surface area (Å²) in [7, 11) is -3.74. The number of hydrogen-bond donors (Lipinski definition) is 1. The van der Waals surface area contributed by atoms with Gasteiger partial charge in [-0.25, -0.2) is 13.4 Å². The number of rotatable bonds is 7. The van der Waals surface area contributed by atoms with Crippen LogP contribution >= 0.6 is 11.3 Å². The maximum Gasteiger partial charge on any atom is 0.321 e. The summed E-state index contributed by atoms with van der Waals surface area (Å²) in [4.78, 5) is 31.9. The van der Waals surface area contributed by atoms with E-state index >= 15 is 0 Å². The van der Waals surface area contributed by atoms with Gasteiger partial charge >= 0.3 is 5.97 Å². The molecule has 0 saturated carbocycles. The molecule has 28 heavy (non-hydrogen) atoms. The smallest absolute Gasteiger partial charge is 0.321 e. The van der Waals surface area contributed by atoms with Gasteiger partial charge in [0.2, 0.25) is 0 Å². The van der Waals surface area contributed by atoms with E-state index in [4.69, 9.17) is 4.74 Å². The van der Waals surface area contributed by atoms with Crippen LogP contribution in [0.4, 0.5) is 5.82 Å². The van der Waals surface area contributed by atoms with Crippen LogP contribution in [-0.4, -0.2) is 69.5 Å². The number of nitrogens with zero attached hydrogens (tertiary/aromatic N) is 3. The number of piperazine rings is 1. The van der Waals surface area contributed by atoms with Gasteiger partial charge in [-0.05, 0) is 23.6 Å². The fourth-order valence-corrected chi connectivity index (χ4v) is 4.66. The van der Waals surface area contributed by atoms with Gasteiger partial charge < -0.3 is 14.5 Å². The van der Waals surface area contributed by atoms with Gasteiger partial charge in [0, 0.05) is 32.4 Å². The second-order valence-corrected chi connectivity index (χ2v) is 8.91. The summed E-state index contributed by atoms with van der Waals surface area (Å²) >= 11 is 1.05. The highest BCUT2D eigenvalue weighted by Gasteiger charge is 2.23. The predicted molar refractivity (Wildman–Crippen MR) is 103 cm³/mol. The van der Waals surface area contributed by atoms with E-state index in [9.17, 15) is 18.0 Å². The molecule has 0 atom stereocenters. The van der Waals surface area contributed by atoms with Crippen molar-refractivity contribution in [2.45, 2.75) is 4.21 Å². The van der Waals surface area contributed by atoms with Crippen LogP contribution in [0.1, 0.15) is 0 Å². The number of nitrogens with one attached hydrogen (secondary N) is 1. The van der Waals surface area contributed by atoms with Crippen molar-refractivity contribution in [3.8, 4) is 0 Å². The number of sulfonamides is 1. The number of pyridine rings is 1. The van der Waals surface area contributed by atoms with Gasteiger partial charge in [-0.3, -0.25) is 9.59 Å². The van der Waals surface area contributed by atoms with Crippen molar-refractivity contribution >= 4 is 39.1 Å². The lowest BCUT2D eigenvalue weighted by Gasteiger charge is -2.35. The predicted octanol–water partition coefficient (Wildman–Crippen LogP) is 0.313. The van der Waals surface area contributed by atoms with Crippen molar-refractivity contribution < 1.29 is 22.7 Å². The van der Waals surface area contributed by atoms with Crippen LogP contribution in [0, 0.1) is 0 Å². The minimum Gasteiger partial charge on any atom is -0.455 e. The average molecular weight is 425 g/mol. The number of carbonyl (C=O) groups excluding carboxylic acids is 2. The highest BCUT2D eigenvalue weighted by molar-refractivity contribution is 7.91. The molecule has 1 aliphatic heterocycles. The van der Waals surface area contributed by atoms with E-state index in [0.717, 1.165) is 17.2 Å². The molecular formula is C17H20N4O5S2. The molecule has 3 rings (SSSR count). The third-order valence-electron chi connectivity index (χ3n) is 4.13. The summed E-state index contributed by atoms with van der Waals surface area (Å²) in [5, 5.41) is 1.62. The fraction of sp³-hybridized carbons (Fsp3) is 0.353. The first-order chi connectivity index (χ1) is 13.5. The van der Waals surface area contributed by atoms with Gasteiger partial charge in [0.15, 0.2) is 6.61 Å². The molecule has 0 radical (unpaired) electrons. The van der Waals surface area contributed by atoms with E-state index < -0.39 is 29.1 Å². The molecule has 1 fully saturated rings. The molecule has 9 nitrogen and oxygen atoms in total. The van der Waals surface area contributed by atoms with Crippen molar-refractivity contribution in [3.05, 3.63) is 41.9 Å². The minimum absolute atomic E-state index is 0.113. The quantitative estimate of drug-likeness (QED) is 0.637. The number of thiophene rings is 1. The largest absolute Gasteiger partial charge is 0.455 e. The van der Waals surface area contributed by atoms with Crippen molar-refractivity contribution in [3.63, 3.8) is 0 Å². The van der Waals surface area contributed by atoms with Crippen molar-refractivity contribution in [2.75, 3.05) is 44.2 Å². The molecule has 1 N–H and O–H groups in total. The topological polar surface area (TPSA) is 109 Å². The van der Waals surface area contributed by atoms with Crippen LogP contribution in [0.5, 0.6) is 0 Å². The Balaban J connectivity index is 1.39. The zero-order chi connectivity index (χ0) is 20.0. The van der Waals surface area contributed by atoms with Crippen LogP contribution in [0.3, 0.4) is 0 Å². The second kappa shape index (κ2) is 9.13. The second-order valence-electron chi connectivity index (χ2n) is 5.97. The third kappa shape index (κ3) is 5.27. The molecule has 2 aromatic heterocycles. The molecule has 150 valence electrons. The van der Waals surface area contributed by atoms with E-state index in [-0.39, 0.29) is 10.1 Å². The van der Waals surface area contributed by atoms with E-state index in [2.05, 4.69) is 14.6 Å². The monoisotopic (exact) mass is 424 g/mol. The minimum atomic E-state index is -3.74. The molecule has 2 aromatic rings. The van der Waals surface area contributed by atoms with Crippen LogP contribution < -0.4 is 9.62 Å². The summed E-state index contributed by atoms with van der Waals surface area (Å²) in [6, 6.07) is 8.71. The van der Waals surface area contributed by atoms with E-state index in [1.54, 1.807) is 22.5 Å². The van der Waals surface area contributed by atoms with Gasteiger partial charge in [-0.15, -0.1) is 11.3 Å². The van der Waals surface area contributed by atoms with Gasteiger partial charge in [0.25, 0.3) is 15.9 Å². The molecule has 0 spiro atoms. The van der Waals surface area contributed by atoms with Crippen LogP contribution in [0.2, 0.25) is 0 Å². The Morgan fingerprint density at radius 1 is 1.14 bits per heavy atom. The maximum atomic E-state index is 12.2. The van der Waals surface area contributed by atoms with Crippen molar-refractivity contribution in [1.82, 2.24) is 14.6 Å². The fourth-order valence-electron chi connectivity index (χ4n) is 2.65. The summed E-state index contributed by atoms with van der Waals surface area (Å²) in [6.45, 7) is 1.33. The molecule has 3 heterocycles. The first kappa shape index (κ1) is 20.2. The highest BCUT2D eigenvalue weighted by atomic mass is 32.2. The molecule has 1 saturated heterocycles. The van der Waals surface area contributed by atoms with E-state index in [1.165, 1.54) is 6.07 Å². The Bertz CT molecular complexity index is 895. The maximum absolute atomic E-state index is 12.2. The average Bonchev–Trinajstić information content (AvgIpc) is 3.27. The third-order valence-corrected chi connectivity index (χ3v) is 6.93. The lowest BCUT2D eigenvalue weighted by atomic mass is 10.3. The molecule has 1 amide bonds. The van der Waals surface area contributed by atoms with Gasteiger partial charge in [0.05, 0.1) is 0 Å². The summed E-state index contributed by atoms with van der Waals surface area (Å²) < 4.78 is 31.0.